The lowest BCUT2D eigenvalue weighted by molar-refractivity contribution is -0.147. The summed E-state index contributed by atoms with van der Waals surface area (Å²) in [6, 6.07) is 1.78. The Morgan fingerprint density at radius 3 is 2.08 bits per heavy atom. The van der Waals surface area contributed by atoms with Crippen LogP contribution in [-0.2, 0) is 20.9 Å². The monoisotopic (exact) mass is 375 g/mol. The van der Waals surface area contributed by atoms with E-state index in [1.165, 1.54) is 13.2 Å². The second-order valence-electron chi connectivity index (χ2n) is 6.33. The summed E-state index contributed by atoms with van der Waals surface area (Å²) in [7, 11) is 1.28. The summed E-state index contributed by atoms with van der Waals surface area (Å²) in [5, 5.41) is 8.84. The lowest BCUT2D eigenvalue weighted by Gasteiger charge is -2.09. The Labute approximate surface area is 145 Å². The molecule has 0 spiro atoms. The number of rotatable bonds is 5. The number of nitrogens with zero attached hydrogens (tertiary/aromatic N) is 1. The second-order valence-corrected chi connectivity index (χ2v) is 6.33. The molecule has 0 radical (unpaired) electrons. The number of nitriles is 1. The fourth-order valence-corrected chi connectivity index (χ4v) is 2.76. The zero-order chi connectivity index (χ0) is 19.8. The molecule has 0 amide bonds. The third-order valence-corrected chi connectivity index (χ3v) is 4.49. The molecule has 2 rings (SSSR count). The molecule has 0 unspecified atom stereocenters. The summed E-state index contributed by atoms with van der Waals surface area (Å²) in [4.78, 5) is 12.1. The molecule has 1 aliphatic carbocycles. The zero-order valence-electron chi connectivity index (χ0n) is 14.0. The van der Waals surface area contributed by atoms with Crippen LogP contribution in [0.4, 0.5) is 22.0 Å². The smallest absolute Gasteiger partial charge is 0.310 e. The number of carbonyl (C=O) groups excluding carboxylic acids is 1. The van der Waals surface area contributed by atoms with Crippen LogP contribution in [0.1, 0.15) is 19.4 Å². The van der Waals surface area contributed by atoms with Gasteiger partial charge in [0.25, 0.3) is 0 Å². The minimum atomic E-state index is -2.28. The van der Waals surface area contributed by atoms with Gasteiger partial charge in [0.1, 0.15) is 12.7 Å². The fraction of sp³-hybridized carbons (Fsp3) is 0.412. The molecular formula is C17H14F5NO3. The molecule has 4 nitrogen and oxygen atoms in total. The highest BCUT2D eigenvalue weighted by molar-refractivity contribution is 5.78. The van der Waals surface area contributed by atoms with Crippen molar-refractivity contribution in [3.05, 3.63) is 46.5 Å². The predicted octanol–water partition coefficient (Wildman–Crippen LogP) is 3.75. The van der Waals surface area contributed by atoms with E-state index in [4.69, 9.17) is 14.7 Å². The van der Waals surface area contributed by atoms with Crippen molar-refractivity contribution in [3.8, 4) is 6.07 Å². The topological polar surface area (TPSA) is 59.3 Å². The molecule has 0 heterocycles. The van der Waals surface area contributed by atoms with Crippen LogP contribution in [0.2, 0.25) is 0 Å². The van der Waals surface area contributed by atoms with Gasteiger partial charge in [-0.3, -0.25) is 4.79 Å². The van der Waals surface area contributed by atoms with Crippen LogP contribution in [0.5, 0.6) is 0 Å². The lowest BCUT2D eigenvalue weighted by atomic mass is 10.1. The van der Waals surface area contributed by atoms with Crippen molar-refractivity contribution in [3.63, 3.8) is 0 Å². The van der Waals surface area contributed by atoms with Crippen molar-refractivity contribution < 1.29 is 36.2 Å². The molecule has 140 valence electrons. The fourth-order valence-electron chi connectivity index (χ4n) is 2.76. The van der Waals surface area contributed by atoms with Crippen molar-refractivity contribution in [2.24, 2.45) is 17.3 Å². The predicted molar refractivity (Wildman–Crippen MR) is 77.5 cm³/mol. The van der Waals surface area contributed by atoms with E-state index < -0.39 is 64.5 Å². The molecular weight excluding hydrogens is 361 g/mol. The maximum absolute atomic E-state index is 13.6. The summed E-state index contributed by atoms with van der Waals surface area (Å²) >= 11 is 0. The molecule has 9 heteroatoms. The standard InChI is InChI=1S/C17H14F5NO3/c1-17(2)9(4-7(5-23)25-3)10(17)16(24)26-6-8-11(18)13(20)15(22)14(21)12(8)19/h4,9-10H,6H2,1-3H3/t9-,10-/m0/s1. The molecule has 0 N–H and O–H groups in total. The molecule has 0 saturated heterocycles. The van der Waals surface area contributed by atoms with Gasteiger partial charge in [-0.05, 0) is 11.5 Å². The second kappa shape index (κ2) is 6.94. The summed E-state index contributed by atoms with van der Waals surface area (Å²) in [5.41, 5.74) is -1.84. The molecule has 26 heavy (non-hydrogen) atoms. The number of methoxy groups -OCH3 is 1. The molecule has 2 atom stereocenters. The van der Waals surface area contributed by atoms with Gasteiger partial charge in [-0.15, -0.1) is 0 Å². The number of hydrogen-bond acceptors (Lipinski definition) is 4. The summed E-state index contributed by atoms with van der Waals surface area (Å²) in [5.74, 6) is -12.7. The van der Waals surface area contributed by atoms with E-state index in [-0.39, 0.29) is 5.76 Å². The van der Waals surface area contributed by atoms with Crippen LogP contribution in [0, 0.1) is 57.7 Å². The molecule has 0 aliphatic heterocycles. The maximum Gasteiger partial charge on any atom is 0.310 e. The maximum atomic E-state index is 13.6. The third kappa shape index (κ3) is 3.23. The average molecular weight is 375 g/mol. The van der Waals surface area contributed by atoms with Gasteiger partial charge in [0.15, 0.2) is 29.0 Å². The average Bonchev–Trinajstić information content (AvgIpc) is 3.15. The van der Waals surface area contributed by atoms with Crippen LogP contribution >= 0.6 is 0 Å². The first-order chi connectivity index (χ1) is 12.1. The van der Waals surface area contributed by atoms with Crippen LogP contribution < -0.4 is 0 Å². The van der Waals surface area contributed by atoms with Crippen molar-refractivity contribution in [2.45, 2.75) is 20.5 Å². The van der Waals surface area contributed by atoms with E-state index in [2.05, 4.69) is 0 Å². The summed E-state index contributed by atoms with van der Waals surface area (Å²) < 4.78 is 76.0. The van der Waals surface area contributed by atoms with E-state index >= 15 is 0 Å². The molecule has 1 aromatic rings. The Hall–Kier alpha value is -2.63. The van der Waals surface area contributed by atoms with E-state index in [9.17, 15) is 26.7 Å². The zero-order valence-corrected chi connectivity index (χ0v) is 14.0. The Bertz CT molecular complexity index is 800. The minimum Gasteiger partial charge on any atom is -0.487 e. The highest BCUT2D eigenvalue weighted by Gasteiger charge is 2.62. The van der Waals surface area contributed by atoms with Gasteiger partial charge < -0.3 is 9.47 Å². The van der Waals surface area contributed by atoms with Crippen molar-refractivity contribution >= 4 is 5.97 Å². The highest BCUT2D eigenvalue weighted by atomic mass is 19.2. The molecule has 1 saturated carbocycles. The molecule has 1 fully saturated rings. The normalized spacial score (nSPS) is 21.1. The van der Waals surface area contributed by atoms with E-state index in [0.717, 1.165) is 0 Å². The van der Waals surface area contributed by atoms with Gasteiger partial charge in [0, 0.05) is 5.92 Å². The molecule has 1 aliphatic rings. The number of ether oxygens (including phenoxy) is 2. The summed E-state index contributed by atoms with van der Waals surface area (Å²) in [6.45, 7) is 2.29. The van der Waals surface area contributed by atoms with Crippen LogP contribution in [0.3, 0.4) is 0 Å². The Balaban J connectivity index is 2.16. The van der Waals surface area contributed by atoms with Crippen LogP contribution in [-0.4, -0.2) is 13.1 Å². The number of esters is 1. The van der Waals surface area contributed by atoms with E-state index in [1.807, 2.05) is 0 Å². The van der Waals surface area contributed by atoms with Gasteiger partial charge >= 0.3 is 5.97 Å². The van der Waals surface area contributed by atoms with Crippen molar-refractivity contribution in [1.82, 2.24) is 0 Å². The first-order valence-electron chi connectivity index (χ1n) is 7.40. The van der Waals surface area contributed by atoms with Crippen LogP contribution in [0.25, 0.3) is 0 Å². The number of allylic oxidation sites excluding steroid dienone is 2. The molecule has 0 bridgehead atoms. The number of benzene rings is 1. The Morgan fingerprint density at radius 1 is 1.12 bits per heavy atom. The van der Waals surface area contributed by atoms with Gasteiger partial charge in [-0.1, -0.05) is 13.8 Å². The number of hydrogen-bond donors (Lipinski definition) is 0. The first kappa shape index (κ1) is 19.7. The van der Waals surface area contributed by atoms with E-state index in [0.29, 0.717) is 0 Å². The number of halogens is 5. The SMILES string of the molecule is COC(C#N)=C[C@H]1[C@@H](C(=O)OCc2c(F)c(F)c(F)c(F)c2F)C1(C)C. The molecule has 1 aromatic carbocycles. The Kier molecular flexibility index (Phi) is 5.26. The van der Waals surface area contributed by atoms with Crippen molar-refractivity contribution in [1.29, 1.82) is 5.26 Å². The largest absolute Gasteiger partial charge is 0.487 e. The number of carbonyl (C=O) groups is 1. The highest BCUT2D eigenvalue weighted by Crippen LogP contribution is 2.59. The van der Waals surface area contributed by atoms with Gasteiger partial charge in [-0.2, -0.15) is 5.26 Å². The van der Waals surface area contributed by atoms with Crippen LogP contribution in [0.15, 0.2) is 11.8 Å². The van der Waals surface area contributed by atoms with Gasteiger partial charge in [0.05, 0.1) is 18.6 Å². The quantitative estimate of drug-likeness (QED) is 0.196. The van der Waals surface area contributed by atoms with Gasteiger partial charge in [0.2, 0.25) is 5.82 Å². The third-order valence-electron chi connectivity index (χ3n) is 4.49. The first-order valence-corrected chi connectivity index (χ1v) is 7.40. The lowest BCUT2D eigenvalue weighted by Crippen LogP contribution is -2.14. The molecule has 0 aromatic heterocycles. The summed E-state index contributed by atoms with van der Waals surface area (Å²) in [6.07, 6.45) is 1.42. The van der Waals surface area contributed by atoms with Crippen molar-refractivity contribution in [2.75, 3.05) is 7.11 Å². The minimum absolute atomic E-state index is 0.0156. The van der Waals surface area contributed by atoms with Gasteiger partial charge in [-0.25, -0.2) is 22.0 Å². The van der Waals surface area contributed by atoms with E-state index in [1.54, 1.807) is 19.9 Å². The Morgan fingerprint density at radius 2 is 1.62 bits per heavy atom.